The van der Waals surface area contributed by atoms with Crippen LogP contribution < -0.4 is 20.1 Å². The Morgan fingerprint density at radius 2 is 1.19 bits per heavy atom. The summed E-state index contributed by atoms with van der Waals surface area (Å²) in [6, 6.07) is 24.0. The van der Waals surface area contributed by atoms with Gasteiger partial charge in [0, 0.05) is 13.1 Å². The van der Waals surface area contributed by atoms with E-state index in [2.05, 4.69) is 16.7 Å². The van der Waals surface area contributed by atoms with Gasteiger partial charge in [-0.1, -0.05) is 36.4 Å². The van der Waals surface area contributed by atoms with Crippen LogP contribution in [0.1, 0.15) is 22.3 Å². The highest BCUT2D eigenvalue weighted by atomic mass is 16.5. The predicted molar refractivity (Wildman–Crippen MR) is 139 cm³/mol. The van der Waals surface area contributed by atoms with Crippen molar-refractivity contribution in [1.82, 2.24) is 10.6 Å². The normalized spacial score (nSPS) is 10.0. The van der Waals surface area contributed by atoms with Crippen LogP contribution in [0.25, 0.3) is 6.08 Å². The highest BCUT2D eigenvalue weighted by Crippen LogP contribution is 2.13. The molecule has 0 saturated carbocycles. The molecule has 3 aromatic rings. The van der Waals surface area contributed by atoms with Gasteiger partial charge in [0.25, 0.3) is 11.8 Å². The van der Waals surface area contributed by atoms with Gasteiger partial charge >= 0.3 is 0 Å². The van der Waals surface area contributed by atoms with Crippen LogP contribution in [0.4, 0.5) is 0 Å². The number of ether oxygens (including phenoxy) is 2. The number of nitrogens with zero attached hydrogens (tertiary/aromatic N) is 1. The minimum absolute atomic E-state index is 0.00386. The third kappa shape index (κ3) is 7.74. The summed E-state index contributed by atoms with van der Waals surface area (Å²) in [4.78, 5) is 26.0. The molecule has 2 N–H and O–H groups in total. The topological polar surface area (TPSA) is 100 Å². The van der Waals surface area contributed by atoms with Crippen molar-refractivity contribution in [3.63, 3.8) is 0 Å². The average Bonchev–Trinajstić information content (AvgIpc) is 2.92. The quantitative estimate of drug-likeness (QED) is 0.246. The standard InChI is InChI=1S/C29H29N3O4/c1-35-25-11-7-21(8-12-25)15-17-31-28(33)27(19-23-3-5-24(20-30)6-4-23)29(34)32-18-16-22-9-13-26(36-2)14-10-22/h3-14,19H,15-18H2,1-2H3,(H,31,33)(H,32,34). The fraction of sp³-hybridized carbons (Fsp3) is 0.207. The number of hydrogen-bond acceptors (Lipinski definition) is 5. The lowest BCUT2D eigenvalue weighted by Crippen LogP contribution is -2.36. The number of carbonyl (C=O) groups excluding carboxylic acids is 2. The second kappa shape index (κ2) is 13.4. The van der Waals surface area contributed by atoms with Crippen LogP contribution in [-0.4, -0.2) is 39.1 Å². The molecule has 7 nitrogen and oxygen atoms in total. The molecule has 0 fully saturated rings. The number of nitrogens with one attached hydrogen (secondary N) is 2. The maximum atomic E-state index is 13.0. The SMILES string of the molecule is COc1ccc(CCNC(=O)C(=Cc2ccc(C#N)cc2)C(=O)NCCc2ccc(OC)cc2)cc1. The minimum Gasteiger partial charge on any atom is -0.497 e. The molecule has 0 saturated heterocycles. The fourth-order valence-electron chi connectivity index (χ4n) is 3.47. The number of amides is 2. The zero-order valence-electron chi connectivity index (χ0n) is 20.4. The van der Waals surface area contributed by atoms with E-state index in [0.717, 1.165) is 22.6 Å². The Bertz CT molecular complexity index is 1160. The number of benzene rings is 3. The smallest absolute Gasteiger partial charge is 0.256 e. The molecule has 184 valence electrons. The summed E-state index contributed by atoms with van der Waals surface area (Å²) in [6.45, 7) is 0.740. The first-order valence-corrected chi connectivity index (χ1v) is 11.6. The fourth-order valence-corrected chi connectivity index (χ4v) is 3.47. The largest absolute Gasteiger partial charge is 0.497 e. The molecule has 0 aliphatic heterocycles. The molecule has 0 atom stereocenters. The number of hydrogen-bond donors (Lipinski definition) is 2. The molecule has 0 aromatic heterocycles. The summed E-state index contributed by atoms with van der Waals surface area (Å²) in [5, 5.41) is 14.7. The van der Waals surface area contributed by atoms with E-state index in [1.807, 2.05) is 48.5 Å². The summed E-state index contributed by atoms with van der Waals surface area (Å²) in [6.07, 6.45) is 2.75. The van der Waals surface area contributed by atoms with E-state index in [-0.39, 0.29) is 5.57 Å². The van der Waals surface area contributed by atoms with E-state index in [9.17, 15) is 9.59 Å². The number of methoxy groups -OCH3 is 2. The van der Waals surface area contributed by atoms with Gasteiger partial charge in [-0.25, -0.2) is 0 Å². The van der Waals surface area contributed by atoms with Crippen molar-refractivity contribution in [2.24, 2.45) is 0 Å². The average molecular weight is 484 g/mol. The van der Waals surface area contributed by atoms with E-state index < -0.39 is 11.8 Å². The van der Waals surface area contributed by atoms with E-state index in [1.165, 1.54) is 6.08 Å². The van der Waals surface area contributed by atoms with Crippen LogP contribution in [0, 0.1) is 11.3 Å². The van der Waals surface area contributed by atoms with Gasteiger partial charge in [-0.15, -0.1) is 0 Å². The highest BCUT2D eigenvalue weighted by molar-refractivity contribution is 6.21. The summed E-state index contributed by atoms with van der Waals surface area (Å²) in [5.41, 5.74) is 3.24. The molecular formula is C29H29N3O4. The van der Waals surface area contributed by atoms with E-state index in [0.29, 0.717) is 37.1 Å². The molecule has 36 heavy (non-hydrogen) atoms. The molecule has 2 amide bonds. The van der Waals surface area contributed by atoms with Gasteiger partial charge in [0.05, 0.1) is 25.9 Å². The van der Waals surface area contributed by atoms with Gasteiger partial charge in [0.2, 0.25) is 0 Å². The molecule has 0 aliphatic rings. The van der Waals surface area contributed by atoms with Crippen molar-refractivity contribution >= 4 is 17.9 Å². The maximum Gasteiger partial charge on any atom is 0.256 e. The third-order valence-electron chi connectivity index (χ3n) is 5.56. The second-order valence-corrected chi connectivity index (χ2v) is 8.00. The Hall–Kier alpha value is -4.57. The van der Waals surface area contributed by atoms with Crippen LogP contribution in [-0.2, 0) is 22.4 Å². The van der Waals surface area contributed by atoms with Crippen molar-refractivity contribution in [3.05, 3.63) is 101 Å². The first-order valence-electron chi connectivity index (χ1n) is 11.6. The lowest BCUT2D eigenvalue weighted by Gasteiger charge is -2.11. The molecule has 3 rings (SSSR count). The zero-order chi connectivity index (χ0) is 25.8. The molecule has 0 unspecified atom stereocenters. The predicted octanol–water partition coefficient (Wildman–Crippen LogP) is 3.68. The molecule has 7 heteroatoms. The monoisotopic (exact) mass is 483 g/mol. The van der Waals surface area contributed by atoms with Gasteiger partial charge in [0.15, 0.2) is 0 Å². The molecule has 0 bridgehead atoms. The van der Waals surface area contributed by atoms with Gasteiger partial charge in [-0.2, -0.15) is 5.26 Å². The summed E-state index contributed by atoms with van der Waals surface area (Å²) in [5.74, 6) is 0.605. The van der Waals surface area contributed by atoms with Gasteiger partial charge in [-0.3, -0.25) is 9.59 Å². The van der Waals surface area contributed by atoms with Crippen molar-refractivity contribution in [3.8, 4) is 17.6 Å². The molecular weight excluding hydrogens is 454 g/mol. The second-order valence-electron chi connectivity index (χ2n) is 8.00. The zero-order valence-corrected chi connectivity index (χ0v) is 20.4. The highest BCUT2D eigenvalue weighted by Gasteiger charge is 2.18. The van der Waals surface area contributed by atoms with Gasteiger partial charge in [0.1, 0.15) is 17.1 Å². The Balaban J connectivity index is 1.65. The summed E-state index contributed by atoms with van der Waals surface area (Å²) in [7, 11) is 3.22. The maximum absolute atomic E-state index is 13.0. The lowest BCUT2D eigenvalue weighted by atomic mass is 10.1. The van der Waals surface area contributed by atoms with E-state index in [4.69, 9.17) is 14.7 Å². The van der Waals surface area contributed by atoms with Crippen molar-refractivity contribution in [2.75, 3.05) is 27.3 Å². The molecule has 0 aliphatic carbocycles. The molecule has 0 spiro atoms. The van der Waals surface area contributed by atoms with Crippen molar-refractivity contribution in [1.29, 1.82) is 5.26 Å². The van der Waals surface area contributed by atoms with Gasteiger partial charge in [-0.05, 0) is 72.0 Å². The van der Waals surface area contributed by atoms with Crippen molar-refractivity contribution < 1.29 is 19.1 Å². The summed E-state index contributed by atoms with van der Waals surface area (Å²) >= 11 is 0. The van der Waals surface area contributed by atoms with Crippen LogP contribution >= 0.6 is 0 Å². The lowest BCUT2D eigenvalue weighted by molar-refractivity contribution is -0.123. The molecule has 3 aromatic carbocycles. The van der Waals surface area contributed by atoms with Crippen LogP contribution in [0.2, 0.25) is 0 Å². The number of rotatable bonds is 11. The minimum atomic E-state index is -0.463. The molecule has 0 radical (unpaired) electrons. The number of carbonyl (C=O) groups is 2. The first kappa shape index (κ1) is 26.0. The van der Waals surface area contributed by atoms with Crippen molar-refractivity contribution in [2.45, 2.75) is 12.8 Å². The van der Waals surface area contributed by atoms with Crippen LogP contribution in [0.3, 0.4) is 0 Å². The Kier molecular flexibility index (Phi) is 9.66. The Labute approximate surface area is 211 Å². The Morgan fingerprint density at radius 1 is 0.750 bits per heavy atom. The van der Waals surface area contributed by atoms with Gasteiger partial charge < -0.3 is 20.1 Å². The molecule has 0 heterocycles. The van der Waals surface area contributed by atoms with E-state index >= 15 is 0 Å². The summed E-state index contributed by atoms with van der Waals surface area (Å²) < 4.78 is 10.3. The Morgan fingerprint density at radius 3 is 1.58 bits per heavy atom. The first-order chi connectivity index (χ1) is 17.5. The third-order valence-corrected chi connectivity index (χ3v) is 5.56. The van der Waals surface area contributed by atoms with Crippen LogP contribution in [0.5, 0.6) is 11.5 Å². The van der Waals surface area contributed by atoms with E-state index in [1.54, 1.807) is 38.5 Å². The number of nitriles is 1. The van der Waals surface area contributed by atoms with Crippen LogP contribution in [0.15, 0.2) is 78.4 Å².